The molecule has 0 atom stereocenters. The van der Waals surface area contributed by atoms with E-state index in [4.69, 9.17) is 9.47 Å². The van der Waals surface area contributed by atoms with Crippen LogP contribution in [0.15, 0.2) is 18.2 Å². The van der Waals surface area contributed by atoms with E-state index in [1.807, 2.05) is 0 Å². The van der Waals surface area contributed by atoms with Gasteiger partial charge < -0.3 is 20.1 Å². The Kier molecular flexibility index (Phi) is 5.00. The van der Waals surface area contributed by atoms with Crippen molar-refractivity contribution in [2.75, 3.05) is 25.1 Å². The zero-order chi connectivity index (χ0) is 16.1. The fourth-order valence-corrected chi connectivity index (χ4v) is 2.98. The predicted octanol–water partition coefficient (Wildman–Crippen LogP) is 2.09. The fraction of sp³-hybridized carbons (Fsp3) is 0.529. The number of benzene rings is 1. The minimum Gasteiger partial charge on any atom is -0.486 e. The molecular formula is C17H22N2O4. The van der Waals surface area contributed by atoms with Gasteiger partial charge in [0.1, 0.15) is 13.2 Å². The topological polar surface area (TPSA) is 76.7 Å². The van der Waals surface area contributed by atoms with E-state index in [2.05, 4.69) is 10.6 Å². The summed E-state index contributed by atoms with van der Waals surface area (Å²) in [4.78, 5) is 23.8. The maximum absolute atomic E-state index is 11.9. The Morgan fingerprint density at radius 2 is 1.83 bits per heavy atom. The SMILES string of the molecule is O=C(CCNC(=O)C1CCCC1)Nc1ccc2c(c1)OCCO2. The molecule has 1 aliphatic heterocycles. The Morgan fingerprint density at radius 1 is 1.09 bits per heavy atom. The van der Waals surface area contributed by atoms with Gasteiger partial charge in [0, 0.05) is 30.6 Å². The molecule has 0 unspecified atom stereocenters. The molecular weight excluding hydrogens is 296 g/mol. The third kappa shape index (κ3) is 4.15. The van der Waals surface area contributed by atoms with Crippen molar-refractivity contribution in [3.05, 3.63) is 18.2 Å². The quantitative estimate of drug-likeness (QED) is 0.871. The Balaban J connectivity index is 1.43. The molecule has 6 heteroatoms. The van der Waals surface area contributed by atoms with E-state index in [9.17, 15) is 9.59 Å². The van der Waals surface area contributed by atoms with Crippen molar-refractivity contribution in [1.29, 1.82) is 0 Å². The average Bonchev–Trinajstić information content (AvgIpc) is 3.09. The number of hydrogen-bond acceptors (Lipinski definition) is 4. The van der Waals surface area contributed by atoms with Gasteiger partial charge in [0.2, 0.25) is 11.8 Å². The molecule has 0 radical (unpaired) electrons. The molecule has 2 N–H and O–H groups in total. The summed E-state index contributed by atoms with van der Waals surface area (Å²) in [5.74, 6) is 1.42. The molecule has 1 aromatic rings. The first kappa shape index (κ1) is 15.6. The molecule has 0 saturated heterocycles. The van der Waals surface area contributed by atoms with E-state index in [0.717, 1.165) is 25.7 Å². The Bertz CT molecular complexity index is 582. The van der Waals surface area contributed by atoms with Gasteiger partial charge in [-0.2, -0.15) is 0 Å². The van der Waals surface area contributed by atoms with Gasteiger partial charge in [0.05, 0.1) is 0 Å². The van der Waals surface area contributed by atoms with Crippen LogP contribution < -0.4 is 20.1 Å². The smallest absolute Gasteiger partial charge is 0.226 e. The molecule has 0 spiro atoms. The first-order chi connectivity index (χ1) is 11.2. The average molecular weight is 318 g/mol. The number of hydrogen-bond donors (Lipinski definition) is 2. The molecule has 1 fully saturated rings. The fourth-order valence-electron chi connectivity index (χ4n) is 2.98. The molecule has 2 aliphatic rings. The lowest BCUT2D eigenvalue weighted by Crippen LogP contribution is -2.32. The van der Waals surface area contributed by atoms with E-state index >= 15 is 0 Å². The number of ether oxygens (including phenoxy) is 2. The maximum atomic E-state index is 11.9. The molecule has 1 aliphatic carbocycles. The maximum Gasteiger partial charge on any atom is 0.226 e. The third-order valence-electron chi connectivity index (χ3n) is 4.20. The summed E-state index contributed by atoms with van der Waals surface area (Å²) < 4.78 is 10.9. The summed E-state index contributed by atoms with van der Waals surface area (Å²) in [6, 6.07) is 5.32. The van der Waals surface area contributed by atoms with Crippen LogP contribution in [-0.4, -0.2) is 31.6 Å². The Labute approximate surface area is 135 Å². The molecule has 0 aromatic heterocycles. The Morgan fingerprint density at radius 3 is 2.61 bits per heavy atom. The largest absolute Gasteiger partial charge is 0.486 e. The van der Waals surface area contributed by atoms with Crippen molar-refractivity contribution in [3.63, 3.8) is 0 Å². The first-order valence-electron chi connectivity index (χ1n) is 8.19. The second kappa shape index (κ2) is 7.35. The highest BCUT2D eigenvalue weighted by Gasteiger charge is 2.22. The lowest BCUT2D eigenvalue weighted by molar-refractivity contribution is -0.124. The van der Waals surface area contributed by atoms with Gasteiger partial charge in [-0.05, 0) is 25.0 Å². The van der Waals surface area contributed by atoms with E-state index in [1.165, 1.54) is 0 Å². The van der Waals surface area contributed by atoms with Gasteiger partial charge in [-0.25, -0.2) is 0 Å². The molecule has 124 valence electrons. The van der Waals surface area contributed by atoms with Gasteiger partial charge in [-0.3, -0.25) is 9.59 Å². The predicted molar refractivity (Wildman–Crippen MR) is 85.6 cm³/mol. The Hall–Kier alpha value is -2.24. The number of carbonyl (C=O) groups is 2. The molecule has 1 heterocycles. The minimum absolute atomic E-state index is 0.0784. The van der Waals surface area contributed by atoms with Crippen LogP contribution in [0, 0.1) is 5.92 Å². The highest BCUT2D eigenvalue weighted by Crippen LogP contribution is 2.32. The molecule has 1 aromatic carbocycles. The zero-order valence-corrected chi connectivity index (χ0v) is 13.1. The minimum atomic E-state index is -0.131. The summed E-state index contributed by atoms with van der Waals surface area (Å²) >= 11 is 0. The number of amides is 2. The van der Waals surface area contributed by atoms with Crippen LogP contribution in [0.3, 0.4) is 0 Å². The van der Waals surface area contributed by atoms with Crippen LogP contribution >= 0.6 is 0 Å². The summed E-state index contributed by atoms with van der Waals surface area (Å²) in [5.41, 5.74) is 0.668. The standard InChI is InChI=1S/C17H22N2O4/c20-16(7-8-18-17(21)12-3-1-2-4-12)19-13-5-6-14-15(11-13)23-10-9-22-14/h5-6,11-12H,1-4,7-10H2,(H,18,21)(H,19,20). The summed E-state index contributed by atoms with van der Waals surface area (Å²) in [7, 11) is 0. The van der Waals surface area contributed by atoms with Gasteiger partial charge >= 0.3 is 0 Å². The number of fused-ring (bicyclic) bond motifs is 1. The van der Waals surface area contributed by atoms with Gasteiger partial charge in [-0.15, -0.1) is 0 Å². The van der Waals surface area contributed by atoms with Crippen LogP contribution in [0.1, 0.15) is 32.1 Å². The lowest BCUT2D eigenvalue weighted by atomic mass is 10.1. The third-order valence-corrected chi connectivity index (χ3v) is 4.20. The molecule has 23 heavy (non-hydrogen) atoms. The summed E-state index contributed by atoms with van der Waals surface area (Å²) in [6.45, 7) is 1.42. The normalized spacial score (nSPS) is 16.9. The van der Waals surface area contributed by atoms with Crippen LogP contribution in [0.5, 0.6) is 11.5 Å². The second-order valence-corrected chi connectivity index (χ2v) is 5.93. The number of anilines is 1. The van der Waals surface area contributed by atoms with Gasteiger partial charge in [0.15, 0.2) is 11.5 Å². The van der Waals surface area contributed by atoms with Crippen molar-refractivity contribution in [2.45, 2.75) is 32.1 Å². The van der Waals surface area contributed by atoms with Gasteiger partial charge in [-0.1, -0.05) is 12.8 Å². The zero-order valence-electron chi connectivity index (χ0n) is 13.1. The van der Waals surface area contributed by atoms with Crippen molar-refractivity contribution >= 4 is 17.5 Å². The monoisotopic (exact) mass is 318 g/mol. The van der Waals surface area contributed by atoms with Gasteiger partial charge in [0.25, 0.3) is 0 Å². The molecule has 3 rings (SSSR count). The summed E-state index contributed by atoms with van der Waals surface area (Å²) in [5, 5.41) is 5.66. The number of rotatable bonds is 5. The van der Waals surface area contributed by atoms with Crippen molar-refractivity contribution < 1.29 is 19.1 Å². The number of nitrogens with one attached hydrogen (secondary N) is 2. The van der Waals surface area contributed by atoms with E-state index in [1.54, 1.807) is 18.2 Å². The number of carbonyl (C=O) groups excluding carboxylic acids is 2. The van der Waals surface area contributed by atoms with Crippen LogP contribution in [0.25, 0.3) is 0 Å². The summed E-state index contributed by atoms with van der Waals surface area (Å²) in [6.07, 6.45) is 4.45. The lowest BCUT2D eigenvalue weighted by Gasteiger charge is -2.19. The second-order valence-electron chi connectivity index (χ2n) is 5.93. The highest BCUT2D eigenvalue weighted by molar-refractivity contribution is 5.91. The first-order valence-corrected chi connectivity index (χ1v) is 8.19. The van der Waals surface area contributed by atoms with Crippen molar-refractivity contribution in [2.24, 2.45) is 5.92 Å². The molecule has 0 bridgehead atoms. The highest BCUT2D eigenvalue weighted by atomic mass is 16.6. The van der Waals surface area contributed by atoms with E-state index in [-0.39, 0.29) is 24.2 Å². The molecule has 1 saturated carbocycles. The molecule has 6 nitrogen and oxygen atoms in total. The van der Waals surface area contributed by atoms with Crippen molar-refractivity contribution in [1.82, 2.24) is 5.32 Å². The van der Waals surface area contributed by atoms with Crippen LogP contribution in [0.4, 0.5) is 5.69 Å². The van der Waals surface area contributed by atoms with Crippen LogP contribution in [0.2, 0.25) is 0 Å². The van der Waals surface area contributed by atoms with E-state index in [0.29, 0.717) is 36.9 Å². The van der Waals surface area contributed by atoms with E-state index < -0.39 is 0 Å². The van der Waals surface area contributed by atoms with Crippen LogP contribution in [-0.2, 0) is 9.59 Å². The molecule has 2 amide bonds. The van der Waals surface area contributed by atoms with Crippen molar-refractivity contribution in [3.8, 4) is 11.5 Å².